The van der Waals surface area contributed by atoms with Gasteiger partial charge in [0.2, 0.25) is 0 Å². The maximum atomic E-state index is 5.53. The molecule has 0 saturated carbocycles. The van der Waals surface area contributed by atoms with Crippen LogP contribution in [-0.2, 0) is 0 Å². The van der Waals surface area contributed by atoms with Gasteiger partial charge in [0.25, 0.3) is 0 Å². The van der Waals surface area contributed by atoms with Crippen LogP contribution in [-0.4, -0.2) is 30.2 Å². The zero-order chi connectivity index (χ0) is 13.5. The Labute approximate surface area is 120 Å². The zero-order valence-electron chi connectivity index (χ0n) is 11.5. The Hall–Kier alpha value is -1.29. The number of benzene rings is 1. The summed E-state index contributed by atoms with van der Waals surface area (Å²) < 4.78 is 5.34. The number of nitrogens with zero attached hydrogens (tertiary/aromatic N) is 1. The molecule has 0 bridgehead atoms. The second-order valence-electron chi connectivity index (χ2n) is 4.89. The molecular weight excluding hydrogens is 256 g/mol. The van der Waals surface area contributed by atoms with E-state index in [0.29, 0.717) is 0 Å². The summed E-state index contributed by atoms with van der Waals surface area (Å²) in [6.45, 7) is 2.11. The van der Waals surface area contributed by atoms with Gasteiger partial charge in [-0.15, -0.1) is 0 Å². The fourth-order valence-electron chi connectivity index (χ4n) is 2.39. The van der Waals surface area contributed by atoms with E-state index in [1.165, 1.54) is 32.1 Å². The average Bonchev–Trinajstić information content (AvgIpc) is 2.38. The molecule has 1 saturated heterocycles. The molecule has 0 spiro atoms. The highest BCUT2D eigenvalue weighted by Gasteiger charge is 2.12. The minimum absolute atomic E-state index is 0.811. The molecule has 0 unspecified atom stereocenters. The lowest BCUT2D eigenvalue weighted by Crippen LogP contribution is -2.37. The molecule has 1 fully saturated rings. The molecule has 2 rings (SSSR count). The Kier molecular flexibility index (Phi) is 5.45. The van der Waals surface area contributed by atoms with Crippen molar-refractivity contribution in [3.63, 3.8) is 0 Å². The number of hydrogen-bond donors (Lipinski definition) is 1. The molecule has 0 radical (unpaired) electrons. The summed E-state index contributed by atoms with van der Waals surface area (Å²) >= 11 is 5.53. The molecule has 0 aliphatic carbocycles. The molecule has 1 aliphatic heterocycles. The quantitative estimate of drug-likeness (QED) is 0.834. The fourth-order valence-corrected chi connectivity index (χ4v) is 2.69. The number of nitrogens with one attached hydrogen (secondary N) is 1. The van der Waals surface area contributed by atoms with E-state index in [2.05, 4.69) is 10.2 Å². The van der Waals surface area contributed by atoms with Crippen molar-refractivity contribution in [2.24, 2.45) is 0 Å². The zero-order valence-corrected chi connectivity index (χ0v) is 12.3. The number of hydrogen-bond acceptors (Lipinski definition) is 2. The lowest BCUT2D eigenvalue weighted by atomic mass is 10.1. The van der Waals surface area contributed by atoms with E-state index < -0.39 is 0 Å². The number of para-hydroxylation sites is 2. The Morgan fingerprint density at radius 2 is 1.74 bits per heavy atom. The lowest BCUT2D eigenvalue weighted by Gasteiger charge is -2.28. The highest BCUT2D eigenvalue weighted by Crippen LogP contribution is 2.23. The molecule has 1 N–H and O–H groups in total. The van der Waals surface area contributed by atoms with Gasteiger partial charge in [-0.1, -0.05) is 31.4 Å². The number of likely N-dealkylation sites (tertiary alicyclic amines) is 1. The molecule has 0 atom stereocenters. The number of anilines is 1. The van der Waals surface area contributed by atoms with E-state index in [0.717, 1.165) is 29.6 Å². The van der Waals surface area contributed by atoms with E-state index in [4.69, 9.17) is 17.0 Å². The predicted molar refractivity (Wildman–Crippen MR) is 83.9 cm³/mol. The van der Waals surface area contributed by atoms with Gasteiger partial charge in [0.15, 0.2) is 5.11 Å². The van der Waals surface area contributed by atoms with Crippen molar-refractivity contribution in [3.05, 3.63) is 24.3 Å². The van der Waals surface area contributed by atoms with Crippen LogP contribution in [0.5, 0.6) is 5.75 Å². The maximum absolute atomic E-state index is 5.53. The Bertz CT molecular complexity index is 414. The summed E-state index contributed by atoms with van der Waals surface area (Å²) in [5.41, 5.74) is 0.942. The van der Waals surface area contributed by atoms with Gasteiger partial charge in [-0.25, -0.2) is 0 Å². The monoisotopic (exact) mass is 278 g/mol. The van der Waals surface area contributed by atoms with Crippen LogP contribution >= 0.6 is 12.2 Å². The topological polar surface area (TPSA) is 24.5 Å². The van der Waals surface area contributed by atoms with E-state index >= 15 is 0 Å². The van der Waals surface area contributed by atoms with Gasteiger partial charge < -0.3 is 15.0 Å². The van der Waals surface area contributed by atoms with Crippen LogP contribution in [0.1, 0.15) is 32.1 Å². The first-order chi connectivity index (χ1) is 9.31. The van der Waals surface area contributed by atoms with Crippen LogP contribution in [0.15, 0.2) is 24.3 Å². The van der Waals surface area contributed by atoms with E-state index in [9.17, 15) is 0 Å². The summed E-state index contributed by atoms with van der Waals surface area (Å²) in [5.74, 6) is 0.830. The van der Waals surface area contributed by atoms with Crippen molar-refractivity contribution in [1.82, 2.24) is 4.90 Å². The molecule has 1 aliphatic rings. The fraction of sp³-hybridized carbons (Fsp3) is 0.533. The number of methoxy groups -OCH3 is 1. The van der Waals surface area contributed by atoms with Gasteiger partial charge in [-0.3, -0.25) is 0 Å². The molecule has 1 heterocycles. The van der Waals surface area contributed by atoms with Gasteiger partial charge in [0.1, 0.15) is 5.75 Å². The van der Waals surface area contributed by atoms with E-state index in [1.807, 2.05) is 24.3 Å². The molecule has 1 aromatic carbocycles. The molecule has 3 nitrogen and oxygen atoms in total. The maximum Gasteiger partial charge on any atom is 0.173 e. The summed E-state index contributed by atoms with van der Waals surface area (Å²) in [5, 5.41) is 4.12. The second-order valence-corrected chi connectivity index (χ2v) is 5.27. The SMILES string of the molecule is COc1ccccc1NC(=S)N1CCCCCCC1. The molecular formula is C15H22N2OS. The normalized spacial score (nSPS) is 16.4. The third-order valence-electron chi connectivity index (χ3n) is 3.49. The highest BCUT2D eigenvalue weighted by molar-refractivity contribution is 7.80. The van der Waals surface area contributed by atoms with Crippen LogP contribution in [0, 0.1) is 0 Å². The molecule has 4 heteroatoms. The van der Waals surface area contributed by atoms with Crippen LogP contribution in [0.25, 0.3) is 0 Å². The lowest BCUT2D eigenvalue weighted by molar-refractivity contribution is 0.366. The van der Waals surface area contributed by atoms with Gasteiger partial charge in [0.05, 0.1) is 12.8 Å². The summed E-state index contributed by atoms with van der Waals surface area (Å²) in [6, 6.07) is 7.89. The first-order valence-electron chi connectivity index (χ1n) is 7.00. The first kappa shape index (κ1) is 14.1. The van der Waals surface area contributed by atoms with Crippen molar-refractivity contribution in [1.29, 1.82) is 0 Å². The molecule has 0 aromatic heterocycles. The third kappa shape index (κ3) is 4.10. The highest BCUT2D eigenvalue weighted by atomic mass is 32.1. The Morgan fingerprint density at radius 1 is 1.11 bits per heavy atom. The van der Waals surface area contributed by atoms with Crippen molar-refractivity contribution < 1.29 is 4.74 Å². The number of thiocarbonyl (C=S) groups is 1. The van der Waals surface area contributed by atoms with Crippen molar-refractivity contribution >= 4 is 23.0 Å². The van der Waals surface area contributed by atoms with Crippen molar-refractivity contribution in [3.8, 4) is 5.75 Å². The second kappa shape index (κ2) is 7.34. The summed E-state index contributed by atoms with van der Waals surface area (Å²) in [7, 11) is 1.68. The molecule has 1 aromatic rings. The van der Waals surface area contributed by atoms with Crippen molar-refractivity contribution in [2.75, 3.05) is 25.5 Å². The van der Waals surface area contributed by atoms with Crippen molar-refractivity contribution in [2.45, 2.75) is 32.1 Å². The van der Waals surface area contributed by atoms with E-state index in [1.54, 1.807) is 7.11 Å². The smallest absolute Gasteiger partial charge is 0.173 e. The van der Waals surface area contributed by atoms with Crippen LogP contribution in [0.2, 0.25) is 0 Å². The third-order valence-corrected chi connectivity index (χ3v) is 3.85. The van der Waals surface area contributed by atoms with Crippen LogP contribution in [0.4, 0.5) is 5.69 Å². The minimum Gasteiger partial charge on any atom is -0.495 e. The van der Waals surface area contributed by atoms with Gasteiger partial charge in [-0.2, -0.15) is 0 Å². The van der Waals surface area contributed by atoms with Crippen LogP contribution in [0.3, 0.4) is 0 Å². The molecule has 0 amide bonds. The van der Waals surface area contributed by atoms with Crippen LogP contribution < -0.4 is 10.1 Å². The standard InChI is InChI=1S/C15H22N2OS/c1-18-14-10-6-5-9-13(14)16-15(19)17-11-7-3-2-4-8-12-17/h5-6,9-10H,2-4,7-8,11-12H2,1H3,(H,16,19). The number of rotatable bonds is 2. The molecule has 19 heavy (non-hydrogen) atoms. The predicted octanol–water partition coefficient (Wildman–Crippen LogP) is 3.66. The van der Waals surface area contributed by atoms with Gasteiger partial charge >= 0.3 is 0 Å². The Morgan fingerprint density at radius 3 is 2.42 bits per heavy atom. The first-order valence-corrected chi connectivity index (χ1v) is 7.41. The number of ether oxygens (including phenoxy) is 1. The van der Waals surface area contributed by atoms with Gasteiger partial charge in [-0.05, 0) is 37.2 Å². The largest absolute Gasteiger partial charge is 0.495 e. The Balaban J connectivity index is 1.98. The average molecular weight is 278 g/mol. The summed E-state index contributed by atoms with van der Waals surface area (Å²) in [6.07, 6.45) is 6.45. The molecule has 104 valence electrons. The van der Waals surface area contributed by atoms with Gasteiger partial charge in [0, 0.05) is 13.1 Å². The minimum atomic E-state index is 0.811. The van der Waals surface area contributed by atoms with E-state index in [-0.39, 0.29) is 0 Å². The summed E-state index contributed by atoms with van der Waals surface area (Å²) in [4.78, 5) is 2.28.